The Hall–Kier alpha value is -0.490. The third kappa shape index (κ3) is 3.53. The van der Waals surface area contributed by atoms with Gasteiger partial charge < -0.3 is 4.98 Å². The van der Waals surface area contributed by atoms with Gasteiger partial charge in [0.2, 0.25) is 0 Å². The van der Waals surface area contributed by atoms with Gasteiger partial charge in [0.25, 0.3) is 0 Å². The maximum Gasteiger partial charge on any atom is 0.0921 e. The summed E-state index contributed by atoms with van der Waals surface area (Å²) < 4.78 is 1.29. The summed E-state index contributed by atoms with van der Waals surface area (Å²) in [4.78, 5) is 7.09. The molecule has 0 saturated heterocycles. The van der Waals surface area contributed by atoms with Crippen LogP contribution in [0.25, 0.3) is 0 Å². The van der Waals surface area contributed by atoms with Crippen LogP contribution in [0, 0.1) is 3.57 Å². The van der Waals surface area contributed by atoms with Crippen molar-refractivity contribution in [3.8, 4) is 0 Å². The molecule has 0 fully saturated rings. The largest absolute Gasteiger partial charge is 0.348 e. The minimum absolute atomic E-state index is 0.992. The predicted octanol–water partition coefficient (Wildman–Crippen LogP) is 3.45. The topological polar surface area (TPSA) is 28.7 Å². The van der Waals surface area contributed by atoms with Gasteiger partial charge in [0.15, 0.2) is 0 Å². The molecule has 1 heterocycles. The van der Waals surface area contributed by atoms with E-state index in [1.54, 1.807) is 6.33 Å². The minimum Gasteiger partial charge on any atom is -0.348 e. The van der Waals surface area contributed by atoms with Crippen molar-refractivity contribution in [3.05, 3.63) is 51.6 Å². The summed E-state index contributed by atoms with van der Waals surface area (Å²) in [5.41, 5.74) is 2.56. The van der Waals surface area contributed by atoms with Crippen molar-refractivity contribution in [2.75, 3.05) is 0 Å². The fourth-order valence-corrected chi connectivity index (χ4v) is 2.49. The van der Waals surface area contributed by atoms with Gasteiger partial charge in [0, 0.05) is 27.0 Å². The second-order valence-corrected chi connectivity index (χ2v) is 5.43. The number of hydrogen-bond donors (Lipinski definition) is 1. The van der Waals surface area contributed by atoms with Crippen LogP contribution >= 0.6 is 34.4 Å². The third-order valence-corrected chi connectivity index (χ3v) is 3.77. The van der Waals surface area contributed by atoms with Gasteiger partial charge in [-0.2, -0.15) is 11.8 Å². The van der Waals surface area contributed by atoms with Gasteiger partial charge in [-0.3, -0.25) is 0 Å². The Morgan fingerprint density at radius 1 is 1.20 bits per heavy atom. The first-order chi connectivity index (χ1) is 7.34. The number of nitrogens with one attached hydrogen (secondary N) is 1. The highest BCUT2D eigenvalue weighted by Crippen LogP contribution is 2.17. The van der Waals surface area contributed by atoms with Crippen LogP contribution in [0.15, 0.2) is 36.8 Å². The van der Waals surface area contributed by atoms with Crippen molar-refractivity contribution in [3.63, 3.8) is 0 Å². The van der Waals surface area contributed by atoms with Gasteiger partial charge in [-0.25, -0.2) is 4.98 Å². The molecule has 0 aliphatic heterocycles. The highest BCUT2D eigenvalue weighted by atomic mass is 127. The molecule has 0 bridgehead atoms. The normalized spacial score (nSPS) is 10.5. The van der Waals surface area contributed by atoms with Crippen LogP contribution in [-0.2, 0) is 11.5 Å². The smallest absolute Gasteiger partial charge is 0.0921 e. The average molecular weight is 330 g/mol. The number of aromatic amines is 1. The van der Waals surface area contributed by atoms with Crippen molar-refractivity contribution in [1.29, 1.82) is 0 Å². The molecule has 0 saturated carbocycles. The molecule has 0 unspecified atom stereocenters. The predicted molar refractivity (Wildman–Crippen MR) is 72.7 cm³/mol. The van der Waals surface area contributed by atoms with Crippen LogP contribution in [0.3, 0.4) is 0 Å². The Morgan fingerprint density at radius 2 is 2.00 bits per heavy atom. The van der Waals surface area contributed by atoms with Crippen LogP contribution < -0.4 is 0 Å². The van der Waals surface area contributed by atoms with Crippen LogP contribution in [0.2, 0.25) is 0 Å². The van der Waals surface area contributed by atoms with Crippen molar-refractivity contribution in [1.82, 2.24) is 9.97 Å². The van der Waals surface area contributed by atoms with Gasteiger partial charge >= 0.3 is 0 Å². The molecule has 78 valence electrons. The Labute approximate surface area is 107 Å². The van der Waals surface area contributed by atoms with E-state index >= 15 is 0 Å². The fraction of sp³-hybridized carbons (Fsp3) is 0.182. The lowest BCUT2D eigenvalue weighted by atomic mass is 10.2. The van der Waals surface area contributed by atoms with Gasteiger partial charge in [-0.05, 0) is 40.3 Å². The molecule has 1 N–H and O–H groups in total. The Kier molecular flexibility index (Phi) is 4.08. The van der Waals surface area contributed by atoms with Crippen LogP contribution in [0.4, 0.5) is 0 Å². The Morgan fingerprint density at radius 3 is 2.67 bits per heavy atom. The highest BCUT2D eigenvalue weighted by Gasteiger charge is 1.96. The standard InChI is InChI=1S/C11H11IN2S/c12-10-3-1-9(2-4-10)6-15-7-11-5-13-8-14-11/h1-5,8H,6-7H2,(H,13,14). The molecule has 2 rings (SSSR count). The zero-order valence-electron chi connectivity index (χ0n) is 8.11. The number of H-pyrrole nitrogens is 1. The molecule has 0 aliphatic rings. The first kappa shape index (κ1) is 11.0. The maximum absolute atomic E-state index is 3.99. The summed E-state index contributed by atoms with van der Waals surface area (Å²) in [5.74, 6) is 2.04. The first-order valence-corrected chi connectivity index (χ1v) is 6.87. The number of thioether (sulfide) groups is 1. The molecule has 0 amide bonds. The second-order valence-electron chi connectivity index (χ2n) is 3.20. The third-order valence-electron chi connectivity index (χ3n) is 1.99. The van der Waals surface area contributed by atoms with Crippen molar-refractivity contribution in [2.24, 2.45) is 0 Å². The molecule has 1 aromatic carbocycles. The van der Waals surface area contributed by atoms with E-state index in [4.69, 9.17) is 0 Å². The minimum atomic E-state index is 0.992. The molecule has 2 nitrogen and oxygen atoms in total. The zero-order valence-corrected chi connectivity index (χ0v) is 11.1. The van der Waals surface area contributed by atoms with Crippen molar-refractivity contribution < 1.29 is 0 Å². The monoisotopic (exact) mass is 330 g/mol. The van der Waals surface area contributed by atoms with Crippen LogP contribution in [0.1, 0.15) is 11.3 Å². The van der Waals surface area contributed by atoms with E-state index < -0.39 is 0 Å². The number of rotatable bonds is 4. The number of nitrogens with zero attached hydrogens (tertiary/aromatic N) is 1. The lowest BCUT2D eigenvalue weighted by Gasteiger charge is -2.00. The summed E-state index contributed by atoms with van der Waals surface area (Å²) in [7, 11) is 0. The lowest BCUT2D eigenvalue weighted by Crippen LogP contribution is -1.83. The van der Waals surface area contributed by atoms with Gasteiger partial charge in [-0.15, -0.1) is 0 Å². The van der Waals surface area contributed by atoms with Gasteiger partial charge in [-0.1, -0.05) is 12.1 Å². The fourth-order valence-electron chi connectivity index (χ4n) is 1.22. The Balaban J connectivity index is 1.81. The van der Waals surface area contributed by atoms with Crippen molar-refractivity contribution in [2.45, 2.75) is 11.5 Å². The SMILES string of the molecule is Ic1ccc(CSCc2cnc[nH]2)cc1. The van der Waals surface area contributed by atoms with Crippen LogP contribution in [0.5, 0.6) is 0 Å². The van der Waals surface area contributed by atoms with E-state index in [-0.39, 0.29) is 0 Å². The molecule has 0 atom stereocenters. The van der Waals surface area contributed by atoms with Crippen molar-refractivity contribution >= 4 is 34.4 Å². The summed E-state index contributed by atoms with van der Waals surface area (Å²) in [6.45, 7) is 0. The molecule has 0 radical (unpaired) electrons. The van der Waals surface area contributed by atoms with E-state index in [0.717, 1.165) is 11.5 Å². The zero-order chi connectivity index (χ0) is 10.5. The number of imidazole rings is 1. The van der Waals surface area contributed by atoms with E-state index in [1.165, 1.54) is 14.8 Å². The lowest BCUT2D eigenvalue weighted by molar-refractivity contribution is 1.22. The highest BCUT2D eigenvalue weighted by molar-refractivity contribution is 14.1. The molecular formula is C11H11IN2S. The van der Waals surface area contributed by atoms with E-state index in [2.05, 4.69) is 56.8 Å². The summed E-state index contributed by atoms with van der Waals surface area (Å²) in [6, 6.07) is 8.66. The molecule has 0 aliphatic carbocycles. The Bertz CT molecular complexity index is 397. The number of hydrogen-bond acceptors (Lipinski definition) is 2. The average Bonchev–Trinajstić information content (AvgIpc) is 2.74. The van der Waals surface area contributed by atoms with E-state index in [1.807, 2.05) is 18.0 Å². The van der Waals surface area contributed by atoms with Gasteiger partial charge in [0.05, 0.1) is 6.33 Å². The summed E-state index contributed by atoms with van der Waals surface area (Å²) in [6.07, 6.45) is 3.60. The number of aromatic nitrogens is 2. The molecule has 15 heavy (non-hydrogen) atoms. The molecule has 2 aromatic rings. The van der Waals surface area contributed by atoms with Gasteiger partial charge in [0.1, 0.15) is 0 Å². The second kappa shape index (κ2) is 5.55. The quantitative estimate of drug-likeness (QED) is 0.870. The molecule has 4 heteroatoms. The van der Waals surface area contributed by atoms with E-state index in [9.17, 15) is 0 Å². The number of halogens is 1. The molecule has 0 spiro atoms. The maximum atomic E-state index is 3.99. The summed E-state index contributed by atoms with van der Waals surface area (Å²) >= 11 is 4.22. The molecule has 1 aromatic heterocycles. The van der Waals surface area contributed by atoms with Crippen LogP contribution in [-0.4, -0.2) is 9.97 Å². The molecular weight excluding hydrogens is 319 g/mol. The number of benzene rings is 1. The summed E-state index contributed by atoms with van der Waals surface area (Å²) in [5, 5.41) is 0. The van der Waals surface area contributed by atoms with E-state index in [0.29, 0.717) is 0 Å². The first-order valence-electron chi connectivity index (χ1n) is 4.64.